The zero-order valence-corrected chi connectivity index (χ0v) is 12.9. The second-order valence-corrected chi connectivity index (χ2v) is 3.12. The first-order valence-corrected chi connectivity index (χ1v) is 4.75. The zero-order valence-electron chi connectivity index (χ0n) is 9.96. The quantitative estimate of drug-likeness (QED) is 0.466. The molecule has 8 heteroatoms. The van der Waals surface area contributed by atoms with Crippen LogP contribution in [-0.2, 0) is 29.1 Å². The van der Waals surface area contributed by atoms with E-state index in [-0.39, 0.29) is 26.0 Å². The van der Waals surface area contributed by atoms with Crippen LogP contribution in [0.25, 0.3) is 6.08 Å². The van der Waals surface area contributed by atoms with E-state index in [0.717, 1.165) is 6.08 Å². The number of H-pyrrole nitrogens is 1. The molecule has 94 valence electrons. The van der Waals surface area contributed by atoms with Gasteiger partial charge in [-0.25, -0.2) is 4.98 Å². The fourth-order valence-electron chi connectivity index (χ4n) is 0.612. The molecule has 1 rings (SSSR count). The van der Waals surface area contributed by atoms with Crippen molar-refractivity contribution in [3.8, 4) is 0 Å². The SMILES string of the molecule is CC(CN)C(=O)[O-].O=C([O-])C=Cc1cnc[nH]1.[Zn+2]. The molecule has 18 heavy (non-hydrogen) atoms. The van der Waals surface area contributed by atoms with Gasteiger partial charge in [-0.1, -0.05) is 6.92 Å². The summed E-state index contributed by atoms with van der Waals surface area (Å²) < 4.78 is 0. The van der Waals surface area contributed by atoms with Crippen molar-refractivity contribution in [3.05, 3.63) is 24.3 Å². The van der Waals surface area contributed by atoms with Crippen molar-refractivity contribution < 1.29 is 39.3 Å². The number of hydrogen-bond acceptors (Lipinski definition) is 6. The van der Waals surface area contributed by atoms with Gasteiger partial charge in [-0.15, -0.1) is 0 Å². The Kier molecular flexibility index (Phi) is 11.1. The summed E-state index contributed by atoms with van der Waals surface area (Å²) in [6, 6.07) is 0. The summed E-state index contributed by atoms with van der Waals surface area (Å²) in [6.45, 7) is 1.66. The van der Waals surface area contributed by atoms with Crippen molar-refractivity contribution in [2.45, 2.75) is 6.92 Å². The van der Waals surface area contributed by atoms with E-state index in [1.165, 1.54) is 25.5 Å². The molecule has 1 heterocycles. The third-order valence-corrected chi connectivity index (χ3v) is 1.67. The smallest absolute Gasteiger partial charge is 0.550 e. The Bertz CT molecular complexity index is 378. The van der Waals surface area contributed by atoms with E-state index in [1.54, 1.807) is 0 Å². The van der Waals surface area contributed by atoms with Gasteiger partial charge in [-0.2, -0.15) is 0 Å². The average Bonchev–Trinajstić information content (AvgIpc) is 2.78. The van der Waals surface area contributed by atoms with E-state index >= 15 is 0 Å². The first kappa shape index (κ1) is 18.8. The number of hydrogen-bond donors (Lipinski definition) is 2. The van der Waals surface area contributed by atoms with Crippen molar-refractivity contribution in [1.82, 2.24) is 9.97 Å². The molecule has 0 bridgehead atoms. The molecule has 3 N–H and O–H groups in total. The van der Waals surface area contributed by atoms with Crippen LogP contribution in [0.2, 0.25) is 0 Å². The second kappa shape index (κ2) is 10.6. The number of imidazole rings is 1. The number of nitrogens with zero attached hydrogens (tertiary/aromatic N) is 1. The van der Waals surface area contributed by atoms with Crippen LogP contribution < -0.4 is 15.9 Å². The van der Waals surface area contributed by atoms with E-state index in [9.17, 15) is 19.8 Å². The minimum atomic E-state index is -1.21. The number of aromatic nitrogens is 2. The summed E-state index contributed by atoms with van der Waals surface area (Å²) >= 11 is 0. The van der Waals surface area contributed by atoms with Crippen molar-refractivity contribution >= 4 is 18.0 Å². The predicted molar refractivity (Wildman–Crippen MR) is 55.9 cm³/mol. The molecule has 1 atom stereocenters. The number of carboxylic acids is 2. The summed E-state index contributed by atoms with van der Waals surface area (Å²) in [6.07, 6.45) is 5.30. The largest absolute Gasteiger partial charge is 2.00 e. The van der Waals surface area contributed by atoms with Gasteiger partial charge >= 0.3 is 19.5 Å². The van der Waals surface area contributed by atoms with Gasteiger partial charge in [0, 0.05) is 18.4 Å². The number of aliphatic carboxylic acids is 2. The van der Waals surface area contributed by atoms with Gasteiger partial charge in [0.2, 0.25) is 0 Å². The molecule has 0 aliphatic heterocycles. The standard InChI is InChI=1S/C6H6N2O2.C4H9NO2.Zn/c9-6(10)2-1-5-3-7-4-8-5;1-3(2-5)4(6)7;/h1-4H,(H,7,8)(H,9,10);3H,2,5H2,1H3,(H,6,7);/q;;+2/p-2. The Morgan fingerprint density at radius 3 is 2.44 bits per heavy atom. The van der Waals surface area contributed by atoms with Gasteiger partial charge in [-0.3, -0.25) is 0 Å². The maximum absolute atomic E-state index is 9.86. The van der Waals surface area contributed by atoms with Crippen LogP contribution in [0.4, 0.5) is 0 Å². The molecular formula is C10H13N3O4Zn. The molecule has 1 aromatic rings. The first-order valence-electron chi connectivity index (χ1n) is 4.75. The Hall–Kier alpha value is -1.53. The number of carboxylic acid groups (broad SMARTS) is 2. The zero-order chi connectivity index (χ0) is 13.3. The average molecular weight is 305 g/mol. The number of nitrogens with one attached hydrogen (secondary N) is 1. The van der Waals surface area contributed by atoms with Gasteiger partial charge in [0.25, 0.3) is 0 Å². The van der Waals surface area contributed by atoms with Crippen LogP contribution in [-0.4, -0.2) is 28.5 Å². The van der Waals surface area contributed by atoms with Crippen molar-refractivity contribution in [3.63, 3.8) is 0 Å². The summed E-state index contributed by atoms with van der Waals surface area (Å²) in [5.74, 6) is -2.81. The molecule has 0 fully saturated rings. The summed E-state index contributed by atoms with van der Waals surface area (Å²) in [5.41, 5.74) is 5.59. The van der Waals surface area contributed by atoms with Crippen LogP contribution in [0, 0.1) is 5.92 Å². The van der Waals surface area contributed by atoms with E-state index in [2.05, 4.69) is 9.97 Å². The maximum Gasteiger partial charge on any atom is 2.00 e. The Labute approximate surface area is 117 Å². The van der Waals surface area contributed by atoms with Crippen LogP contribution in [0.15, 0.2) is 18.6 Å². The minimum Gasteiger partial charge on any atom is -0.550 e. The number of carbonyl (C=O) groups excluding carboxylic acids is 2. The monoisotopic (exact) mass is 303 g/mol. The van der Waals surface area contributed by atoms with Crippen LogP contribution in [0.5, 0.6) is 0 Å². The molecule has 0 saturated carbocycles. The van der Waals surface area contributed by atoms with Gasteiger partial charge in [0.1, 0.15) is 0 Å². The van der Waals surface area contributed by atoms with E-state index < -0.39 is 17.9 Å². The molecule has 0 aromatic carbocycles. The molecule has 0 aliphatic rings. The van der Waals surface area contributed by atoms with Gasteiger partial charge in [-0.05, 0) is 12.2 Å². The normalized spacial score (nSPS) is 11.0. The van der Waals surface area contributed by atoms with Crippen LogP contribution >= 0.6 is 0 Å². The number of nitrogens with two attached hydrogens (primary N) is 1. The fourth-order valence-corrected chi connectivity index (χ4v) is 0.612. The number of aromatic amines is 1. The fraction of sp³-hybridized carbons (Fsp3) is 0.300. The van der Waals surface area contributed by atoms with Crippen molar-refractivity contribution in [2.75, 3.05) is 6.54 Å². The van der Waals surface area contributed by atoms with E-state index in [1.807, 2.05) is 0 Å². The third-order valence-electron chi connectivity index (χ3n) is 1.67. The van der Waals surface area contributed by atoms with Gasteiger partial charge in [0.15, 0.2) is 0 Å². The molecule has 0 aliphatic carbocycles. The van der Waals surface area contributed by atoms with Gasteiger partial charge < -0.3 is 30.5 Å². The molecule has 0 saturated heterocycles. The molecule has 0 amide bonds. The minimum absolute atomic E-state index is 0. The summed E-state index contributed by atoms with van der Waals surface area (Å²) in [4.78, 5) is 26.0. The van der Waals surface area contributed by atoms with Crippen molar-refractivity contribution in [1.29, 1.82) is 0 Å². The topological polar surface area (TPSA) is 135 Å². The Morgan fingerprint density at radius 1 is 1.56 bits per heavy atom. The van der Waals surface area contributed by atoms with E-state index in [4.69, 9.17) is 5.73 Å². The second-order valence-electron chi connectivity index (χ2n) is 3.12. The summed E-state index contributed by atoms with van der Waals surface area (Å²) in [5, 5.41) is 19.6. The first-order chi connectivity index (χ1) is 7.97. The molecule has 0 spiro atoms. The maximum atomic E-state index is 9.86. The van der Waals surface area contributed by atoms with Gasteiger partial charge in [0.05, 0.1) is 24.2 Å². The molecule has 7 nitrogen and oxygen atoms in total. The van der Waals surface area contributed by atoms with Crippen molar-refractivity contribution in [2.24, 2.45) is 11.7 Å². The molecule has 1 unspecified atom stereocenters. The number of rotatable bonds is 4. The van der Waals surface area contributed by atoms with Crippen LogP contribution in [0.3, 0.4) is 0 Å². The molecule has 0 radical (unpaired) electrons. The Morgan fingerprint density at radius 2 is 2.17 bits per heavy atom. The molecule has 1 aromatic heterocycles. The summed E-state index contributed by atoms with van der Waals surface area (Å²) in [7, 11) is 0. The Balaban J connectivity index is 0. The third kappa shape index (κ3) is 9.68. The predicted octanol–water partition coefficient (Wildman–Crippen LogP) is -2.50. The van der Waals surface area contributed by atoms with Crippen LogP contribution in [0.1, 0.15) is 12.6 Å². The number of carbonyl (C=O) groups is 2. The molecular weight excluding hydrogens is 292 g/mol. The van der Waals surface area contributed by atoms with E-state index in [0.29, 0.717) is 5.69 Å².